The van der Waals surface area contributed by atoms with Crippen molar-refractivity contribution in [3.8, 4) is 0 Å². The Morgan fingerprint density at radius 3 is 2.67 bits per heavy atom. The summed E-state index contributed by atoms with van der Waals surface area (Å²) in [5, 5.41) is 3.16. The van der Waals surface area contributed by atoms with Crippen molar-refractivity contribution in [1.29, 1.82) is 0 Å². The first-order valence-electron chi connectivity index (χ1n) is 5.58. The average Bonchev–Trinajstić information content (AvgIpc) is 2.79. The summed E-state index contributed by atoms with van der Waals surface area (Å²) < 4.78 is 0. The normalized spacial score (nSPS) is 11.8. The van der Waals surface area contributed by atoms with Crippen LogP contribution < -0.4 is 0 Å². The van der Waals surface area contributed by atoms with E-state index in [2.05, 4.69) is 38.9 Å². The van der Waals surface area contributed by atoms with Crippen LogP contribution in [0.4, 0.5) is 0 Å². The molecule has 3 heteroatoms. The van der Waals surface area contributed by atoms with Gasteiger partial charge in [-0.15, -0.1) is 10.3 Å². The predicted molar refractivity (Wildman–Crippen MR) is 69.1 cm³/mol. The van der Waals surface area contributed by atoms with Crippen molar-refractivity contribution in [2.45, 2.75) is 46.0 Å². The zero-order chi connectivity index (χ0) is 11.5. The summed E-state index contributed by atoms with van der Waals surface area (Å²) in [6, 6.07) is 4.24. The molecule has 1 unspecified atom stereocenters. The molecule has 0 radical (unpaired) electrons. The first kappa shape index (κ1) is 15.8. The van der Waals surface area contributed by atoms with Gasteiger partial charge in [-0.1, -0.05) is 46.0 Å². The zero-order valence-electron chi connectivity index (χ0n) is 9.76. The maximum atomic E-state index is 3.16. The van der Waals surface area contributed by atoms with Crippen molar-refractivity contribution in [3.63, 3.8) is 0 Å². The van der Waals surface area contributed by atoms with Crippen LogP contribution in [0.15, 0.2) is 12.1 Å². The second-order valence-electron chi connectivity index (χ2n) is 3.64. The van der Waals surface area contributed by atoms with Crippen LogP contribution in [0.25, 0.3) is 0 Å². The fourth-order valence-electron chi connectivity index (χ4n) is 1.61. The Labute approximate surface area is 115 Å². The van der Waals surface area contributed by atoms with Gasteiger partial charge in [0.2, 0.25) is 0 Å². The van der Waals surface area contributed by atoms with E-state index in [-0.39, 0.29) is 0 Å². The second kappa shape index (κ2) is 11.3. The van der Waals surface area contributed by atoms with Gasteiger partial charge in [-0.2, -0.15) is 6.07 Å². The molecule has 0 nitrogen and oxygen atoms in total. The van der Waals surface area contributed by atoms with E-state index in [0.717, 1.165) is 5.92 Å². The molecule has 1 aromatic rings. The van der Waals surface area contributed by atoms with E-state index in [1.807, 2.05) is 6.07 Å². The Kier molecular flexibility index (Phi) is 11.9. The predicted octanol–water partition coefficient (Wildman–Crippen LogP) is 5.15. The van der Waals surface area contributed by atoms with Gasteiger partial charge in [0.05, 0.1) is 0 Å². The molecule has 82 valence electrons. The molecule has 0 spiro atoms. The summed E-state index contributed by atoms with van der Waals surface area (Å²) in [7, 11) is 0. The molecule has 0 saturated heterocycles. The van der Waals surface area contributed by atoms with Crippen LogP contribution in [0, 0.1) is 11.3 Å². The number of unbranched alkanes of at least 4 members (excludes halogenated alkanes) is 1. The minimum atomic E-state index is 0.895. The van der Waals surface area contributed by atoms with Crippen molar-refractivity contribution in [2.75, 3.05) is 0 Å². The average molecular weight is 341 g/mol. The van der Waals surface area contributed by atoms with Gasteiger partial charge in [0.25, 0.3) is 0 Å². The van der Waals surface area contributed by atoms with E-state index in [1.54, 1.807) is 11.3 Å². The first-order chi connectivity index (χ1) is 7.36. The zero-order valence-corrected chi connectivity index (χ0v) is 15.1. The summed E-state index contributed by atoms with van der Waals surface area (Å²) in [4.78, 5) is 1.50. The molecule has 0 amide bonds. The van der Waals surface area contributed by atoms with Gasteiger partial charge >= 0.3 is 30.0 Å². The van der Waals surface area contributed by atoms with Crippen LogP contribution in [-0.2, 0) is 22.8 Å². The Hall–Kier alpha value is 0.803. The molecule has 1 rings (SSSR count). The van der Waals surface area contributed by atoms with Gasteiger partial charge in [0.15, 0.2) is 0 Å². The van der Waals surface area contributed by atoms with Gasteiger partial charge in [-0.3, -0.25) is 0 Å². The van der Waals surface area contributed by atoms with Crippen molar-refractivity contribution in [2.24, 2.45) is 5.92 Å². The minimum absolute atomic E-state index is 0.895. The number of thiophene rings is 1. The molecular formula is C12H19BrSZn. The van der Waals surface area contributed by atoms with Crippen molar-refractivity contribution in [1.82, 2.24) is 0 Å². The fraction of sp³-hybridized carbons (Fsp3) is 0.667. The van der Waals surface area contributed by atoms with Gasteiger partial charge < -0.3 is 11.3 Å². The molecule has 15 heavy (non-hydrogen) atoms. The Bertz CT molecular complexity index is 211. The summed E-state index contributed by atoms with van der Waals surface area (Å²) in [5.74, 6) is 0.895. The third-order valence-electron chi connectivity index (χ3n) is 2.56. The molecule has 0 aliphatic heterocycles. The number of halogens is 1. The Morgan fingerprint density at radius 1 is 1.47 bits per heavy atom. The SMILES string of the molecule is CCCCC(CC)Cc1cc[c-]s1.[Zn+][Br]. The molecule has 0 aliphatic carbocycles. The third-order valence-corrected chi connectivity index (χ3v) is 3.38. The van der Waals surface area contributed by atoms with Crippen molar-refractivity contribution >= 4 is 25.0 Å². The molecule has 0 fully saturated rings. The van der Waals surface area contributed by atoms with E-state index in [1.165, 1.54) is 53.3 Å². The van der Waals surface area contributed by atoms with Crippen LogP contribution in [-0.4, -0.2) is 0 Å². The maximum absolute atomic E-state index is 3.16. The van der Waals surface area contributed by atoms with Crippen LogP contribution in [0.5, 0.6) is 0 Å². The molecule has 1 aromatic heterocycles. The van der Waals surface area contributed by atoms with Gasteiger partial charge in [-0.05, 0) is 5.92 Å². The molecule has 1 atom stereocenters. The standard InChI is InChI=1S/C12H19S.BrH.Zn/c1-3-5-7-11(4-2)10-12-8-6-9-13-12;;/h6,8,11H,3-5,7,10H2,1-2H3;1H;/q-1;;+2/p-1. The molecular weight excluding hydrogens is 321 g/mol. The van der Waals surface area contributed by atoms with E-state index in [0.29, 0.717) is 0 Å². The molecule has 0 N–H and O–H groups in total. The third kappa shape index (κ3) is 7.66. The van der Waals surface area contributed by atoms with Crippen molar-refractivity contribution < 1.29 is 16.3 Å². The van der Waals surface area contributed by atoms with Crippen LogP contribution in [0.3, 0.4) is 0 Å². The van der Waals surface area contributed by atoms with Crippen LogP contribution in [0.2, 0.25) is 0 Å². The molecule has 0 aromatic carbocycles. The van der Waals surface area contributed by atoms with Gasteiger partial charge in [-0.25, -0.2) is 6.07 Å². The van der Waals surface area contributed by atoms with Crippen LogP contribution in [0.1, 0.15) is 44.4 Å². The summed E-state index contributed by atoms with van der Waals surface area (Å²) in [6.07, 6.45) is 6.69. The summed E-state index contributed by atoms with van der Waals surface area (Å²) in [5.41, 5.74) is 0. The summed E-state index contributed by atoms with van der Waals surface area (Å²) in [6.45, 7) is 4.57. The Morgan fingerprint density at radius 2 is 2.20 bits per heavy atom. The first-order valence-corrected chi connectivity index (χ1v) is 13.3. The number of hydrogen-bond acceptors (Lipinski definition) is 1. The number of rotatable bonds is 6. The van der Waals surface area contributed by atoms with E-state index >= 15 is 0 Å². The second-order valence-corrected chi connectivity index (χ2v) is 4.60. The van der Waals surface area contributed by atoms with Gasteiger partial charge in [0.1, 0.15) is 0 Å². The molecule has 0 saturated carbocycles. The molecule has 0 aliphatic rings. The van der Waals surface area contributed by atoms with E-state index < -0.39 is 0 Å². The number of hydrogen-bond donors (Lipinski definition) is 0. The van der Waals surface area contributed by atoms with Crippen LogP contribution >= 0.6 is 25.0 Å². The Balaban J connectivity index is 0.000000921. The molecule has 0 bridgehead atoms. The molecule has 1 heterocycles. The van der Waals surface area contributed by atoms with Crippen molar-refractivity contribution in [3.05, 3.63) is 22.4 Å². The topological polar surface area (TPSA) is 0 Å². The fourth-order valence-corrected chi connectivity index (χ4v) is 2.35. The van der Waals surface area contributed by atoms with E-state index in [4.69, 9.17) is 0 Å². The summed E-state index contributed by atoms with van der Waals surface area (Å²) >= 11 is 6.03. The quantitative estimate of drug-likeness (QED) is 0.496. The van der Waals surface area contributed by atoms with Gasteiger partial charge in [0, 0.05) is 0 Å². The van der Waals surface area contributed by atoms with E-state index in [9.17, 15) is 0 Å². The monoisotopic (exact) mass is 338 g/mol.